The summed E-state index contributed by atoms with van der Waals surface area (Å²) in [7, 11) is 0. The van der Waals surface area contributed by atoms with Gasteiger partial charge >= 0.3 is 0 Å². The third-order valence-corrected chi connectivity index (χ3v) is 5.10. The molecule has 0 saturated heterocycles. The van der Waals surface area contributed by atoms with Gasteiger partial charge in [-0.15, -0.1) is 5.10 Å². The van der Waals surface area contributed by atoms with Gasteiger partial charge in [-0.05, 0) is 67.9 Å². The second-order valence-electron chi connectivity index (χ2n) is 6.79. The second kappa shape index (κ2) is 8.75. The molecule has 0 saturated carbocycles. The van der Waals surface area contributed by atoms with Gasteiger partial charge in [-0.25, -0.2) is 4.68 Å². The van der Waals surface area contributed by atoms with Gasteiger partial charge in [0, 0.05) is 25.5 Å². The third-order valence-electron chi connectivity index (χ3n) is 4.81. The van der Waals surface area contributed by atoms with Crippen molar-refractivity contribution < 1.29 is 13.9 Å². The minimum absolute atomic E-state index is 0.358. The summed E-state index contributed by atoms with van der Waals surface area (Å²) in [5.41, 5.74) is 3.35. The van der Waals surface area contributed by atoms with Crippen molar-refractivity contribution in [3.8, 4) is 23.0 Å². The normalized spacial score (nSPS) is 13.9. The van der Waals surface area contributed by atoms with E-state index in [0.29, 0.717) is 30.6 Å². The third kappa shape index (κ3) is 4.33. The summed E-state index contributed by atoms with van der Waals surface area (Å²) in [5.74, 6) is 2.11. The van der Waals surface area contributed by atoms with E-state index in [1.165, 1.54) is 11.1 Å². The van der Waals surface area contributed by atoms with Crippen LogP contribution in [-0.2, 0) is 19.6 Å². The molecule has 3 heterocycles. The van der Waals surface area contributed by atoms with Crippen LogP contribution in [0.2, 0.25) is 0 Å². The van der Waals surface area contributed by atoms with Crippen molar-refractivity contribution in [2.75, 3.05) is 19.8 Å². The fourth-order valence-electron chi connectivity index (χ4n) is 3.47. The zero-order chi connectivity index (χ0) is 20.2. The van der Waals surface area contributed by atoms with Crippen molar-refractivity contribution in [1.82, 2.24) is 19.7 Å². The average Bonchev–Trinajstić information content (AvgIpc) is 3.10. The van der Waals surface area contributed by atoms with Crippen LogP contribution in [0.4, 0.5) is 0 Å². The van der Waals surface area contributed by atoms with Crippen molar-refractivity contribution in [2.24, 2.45) is 0 Å². The highest BCUT2D eigenvalue weighted by molar-refractivity contribution is 7.71. The van der Waals surface area contributed by atoms with Crippen LogP contribution in [0.3, 0.4) is 0 Å². The highest BCUT2D eigenvalue weighted by atomic mass is 32.1. The molecule has 3 aromatic rings. The molecule has 0 radical (unpaired) electrons. The van der Waals surface area contributed by atoms with E-state index >= 15 is 0 Å². The number of fused-ring (bicyclic) bond motifs is 1. The zero-order valence-corrected chi connectivity index (χ0v) is 17.4. The molecular formula is C21H24N4O3S. The predicted molar refractivity (Wildman–Crippen MR) is 111 cm³/mol. The molecule has 0 atom stereocenters. The molecule has 4 rings (SSSR count). The first-order valence-electron chi connectivity index (χ1n) is 9.80. The van der Waals surface area contributed by atoms with E-state index in [1.807, 2.05) is 26.0 Å². The summed E-state index contributed by atoms with van der Waals surface area (Å²) in [6.45, 7) is 7.45. The fourth-order valence-corrected chi connectivity index (χ4v) is 3.65. The minimum Gasteiger partial charge on any atom is -0.490 e. The van der Waals surface area contributed by atoms with Crippen LogP contribution in [0.25, 0.3) is 11.5 Å². The molecule has 2 aromatic heterocycles. The van der Waals surface area contributed by atoms with Crippen molar-refractivity contribution in [3.05, 3.63) is 52.6 Å². The van der Waals surface area contributed by atoms with Gasteiger partial charge in [0.1, 0.15) is 0 Å². The number of benzene rings is 1. The summed E-state index contributed by atoms with van der Waals surface area (Å²) in [6.07, 6.45) is 4.36. The minimum atomic E-state index is 0.358. The van der Waals surface area contributed by atoms with Gasteiger partial charge in [-0.1, -0.05) is 0 Å². The van der Waals surface area contributed by atoms with Crippen LogP contribution in [-0.4, -0.2) is 39.4 Å². The van der Waals surface area contributed by atoms with Crippen molar-refractivity contribution in [3.63, 3.8) is 0 Å². The van der Waals surface area contributed by atoms with E-state index in [4.69, 9.17) is 26.1 Å². The smallest absolute Gasteiger partial charge is 0.288 e. The summed E-state index contributed by atoms with van der Waals surface area (Å²) in [5, 5.41) is 4.54. The van der Waals surface area contributed by atoms with Gasteiger partial charge in [0.2, 0.25) is 5.89 Å². The standard InChI is InChI=1S/C21H24N4O3S/c1-3-26-18-10-15-7-9-24(13-17(15)11-19(18)27-4-2)14-25-21(29)28-20(23-25)16-6-5-8-22-12-16/h5-6,8,10-12H,3-4,7,9,13-14H2,1-2H3. The van der Waals surface area contributed by atoms with Crippen LogP contribution in [0.1, 0.15) is 25.0 Å². The highest BCUT2D eigenvalue weighted by Crippen LogP contribution is 2.34. The maximum absolute atomic E-state index is 5.78. The molecule has 0 unspecified atom stereocenters. The summed E-state index contributed by atoms with van der Waals surface area (Å²) < 4.78 is 18.9. The fraction of sp³-hybridized carbons (Fsp3) is 0.381. The summed E-state index contributed by atoms with van der Waals surface area (Å²) >= 11 is 5.37. The molecule has 1 aromatic carbocycles. The lowest BCUT2D eigenvalue weighted by Gasteiger charge is -2.29. The summed E-state index contributed by atoms with van der Waals surface area (Å²) in [6, 6.07) is 7.96. The first-order chi connectivity index (χ1) is 14.2. The Balaban J connectivity index is 1.53. The van der Waals surface area contributed by atoms with Gasteiger partial charge in [-0.3, -0.25) is 9.88 Å². The number of nitrogens with zero attached hydrogens (tertiary/aromatic N) is 4. The molecule has 0 aliphatic carbocycles. The quantitative estimate of drug-likeness (QED) is 0.542. The Hall–Kier alpha value is -2.71. The molecule has 0 spiro atoms. The van der Waals surface area contributed by atoms with E-state index in [-0.39, 0.29) is 0 Å². The SMILES string of the molecule is CCOc1cc2c(cc1OCC)CN(Cn1nc(-c3cccnc3)oc1=S)CC2. The van der Waals surface area contributed by atoms with Crippen LogP contribution < -0.4 is 9.47 Å². The van der Waals surface area contributed by atoms with Gasteiger partial charge < -0.3 is 13.9 Å². The number of hydrogen-bond acceptors (Lipinski definition) is 7. The highest BCUT2D eigenvalue weighted by Gasteiger charge is 2.21. The van der Waals surface area contributed by atoms with Crippen molar-refractivity contribution in [2.45, 2.75) is 33.5 Å². The number of hydrogen-bond donors (Lipinski definition) is 0. The van der Waals surface area contributed by atoms with Crippen LogP contribution >= 0.6 is 12.2 Å². The Bertz CT molecular complexity index is 1030. The van der Waals surface area contributed by atoms with E-state index in [1.54, 1.807) is 17.1 Å². The Kier molecular flexibility index (Phi) is 5.92. The topological polar surface area (TPSA) is 65.6 Å². The molecule has 152 valence electrons. The summed E-state index contributed by atoms with van der Waals surface area (Å²) in [4.78, 5) is 6.76. The predicted octanol–water partition coefficient (Wildman–Crippen LogP) is 4.08. The van der Waals surface area contributed by atoms with E-state index in [2.05, 4.69) is 27.1 Å². The number of aromatic nitrogens is 3. The molecule has 0 N–H and O–H groups in total. The number of pyridine rings is 1. The Morgan fingerprint density at radius 3 is 2.59 bits per heavy atom. The molecule has 0 fully saturated rings. The lowest BCUT2D eigenvalue weighted by Crippen LogP contribution is -2.32. The molecule has 8 heteroatoms. The molecule has 0 amide bonds. The molecule has 7 nitrogen and oxygen atoms in total. The largest absolute Gasteiger partial charge is 0.490 e. The van der Waals surface area contributed by atoms with Crippen LogP contribution in [0, 0.1) is 4.84 Å². The first-order valence-corrected chi connectivity index (χ1v) is 10.2. The van der Waals surface area contributed by atoms with E-state index in [9.17, 15) is 0 Å². The Labute approximate surface area is 174 Å². The maximum Gasteiger partial charge on any atom is 0.288 e. The maximum atomic E-state index is 5.78. The zero-order valence-electron chi connectivity index (χ0n) is 16.6. The van der Waals surface area contributed by atoms with Gasteiger partial charge in [0.15, 0.2) is 11.5 Å². The lowest BCUT2D eigenvalue weighted by molar-refractivity contribution is 0.185. The van der Waals surface area contributed by atoms with Crippen molar-refractivity contribution in [1.29, 1.82) is 0 Å². The van der Waals surface area contributed by atoms with E-state index in [0.717, 1.165) is 36.6 Å². The van der Waals surface area contributed by atoms with Gasteiger partial charge in [-0.2, -0.15) is 0 Å². The van der Waals surface area contributed by atoms with Gasteiger partial charge in [0.05, 0.1) is 25.4 Å². The number of rotatable bonds is 7. The average molecular weight is 413 g/mol. The van der Waals surface area contributed by atoms with Gasteiger partial charge in [0.25, 0.3) is 4.84 Å². The first kappa shape index (κ1) is 19.6. The van der Waals surface area contributed by atoms with Crippen LogP contribution in [0.5, 0.6) is 11.5 Å². The lowest BCUT2D eigenvalue weighted by atomic mass is 9.99. The molecule has 0 bridgehead atoms. The molecular weight excluding hydrogens is 388 g/mol. The van der Waals surface area contributed by atoms with Crippen molar-refractivity contribution >= 4 is 12.2 Å². The Morgan fingerprint density at radius 1 is 1.14 bits per heavy atom. The monoisotopic (exact) mass is 412 g/mol. The molecule has 1 aliphatic heterocycles. The van der Waals surface area contributed by atoms with E-state index < -0.39 is 0 Å². The molecule has 1 aliphatic rings. The Morgan fingerprint density at radius 2 is 1.90 bits per heavy atom. The second-order valence-corrected chi connectivity index (χ2v) is 7.14. The molecule has 29 heavy (non-hydrogen) atoms. The number of ether oxygens (including phenoxy) is 2. The van der Waals surface area contributed by atoms with Crippen LogP contribution in [0.15, 0.2) is 41.1 Å².